The maximum Gasteiger partial charge on any atom is 0.410 e. The van der Waals surface area contributed by atoms with Crippen molar-refractivity contribution in [2.45, 2.75) is 71.2 Å². The first-order chi connectivity index (χ1) is 18.6. The Hall–Kier alpha value is -2.97. The number of rotatable bonds is 5. The number of aliphatic hydroxyl groups excluding tert-OH is 1. The topological polar surface area (TPSA) is 92.2 Å². The highest BCUT2D eigenvalue weighted by Crippen LogP contribution is 2.25. The normalized spacial score (nSPS) is 29.7. The number of pyridine rings is 1. The minimum atomic E-state index is -0.809. The lowest BCUT2D eigenvalue weighted by Crippen LogP contribution is -2.48. The molecule has 0 unspecified atom stereocenters. The second kappa shape index (κ2) is 15.0. The molecule has 1 amide bonds. The second-order valence-electron chi connectivity index (χ2n) is 11.0. The Morgan fingerprint density at radius 2 is 1.92 bits per heavy atom. The van der Waals surface area contributed by atoms with E-state index in [9.17, 15) is 14.7 Å². The Bertz CT molecular complexity index is 1020. The molecule has 0 aromatic carbocycles. The quantitative estimate of drug-likeness (QED) is 0.329. The third-order valence-electron chi connectivity index (χ3n) is 7.62. The van der Waals surface area contributed by atoms with E-state index in [4.69, 9.17) is 9.47 Å². The number of esters is 1. The molecule has 3 heterocycles. The van der Waals surface area contributed by atoms with Gasteiger partial charge in [-0.3, -0.25) is 9.78 Å². The van der Waals surface area contributed by atoms with Crippen LogP contribution in [0.25, 0.3) is 0 Å². The van der Waals surface area contributed by atoms with Gasteiger partial charge in [0.25, 0.3) is 0 Å². The molecule has 1 aromatic rings. The molecule has 1 aromatic heterocycles. The molecule has 0 bridgehead atoms. The molecule has 3 rings (SSSR count). The van der Waals surface area contributed by atoms with Crippen LogP contribution in [0.4, 0.5) is 4.79 Å². The van der Waals surface area contributed by atoms with E-state index in [0.29, 0.717) is 25.9 Å². The Morgan fingerprint density at radius 3 is 2.62 bits per heavy atom. The maximum atomic E-state index is 12.9. The molecule has 8 heteroatoms. The highest BCUT2D eigenvalue weighted by Gasteiger charge is 2.29. The minimum Gasteiger partial charge on any atom is -0.457 e. The summed E-state index contributed by atoms with van der Waals surface area (Å²) in [7, 11) is 2.05. The van der Waals surface area contributed by atoms with Crippen LogP contribution < -0.4 is 0 Å². The highest BCUT2D eigenvalue weighted by molar-refractivity contribution is 5.70. The molecular weight excluding hydrogens is 494 g/mol. The van der Waals surface area contributed by atoms with Crippen LogP contribution in [0.5, 0.6) is 0 Å². The van der Waals surface area contributed by atoms with Gasteiger partial charge in [0.1, 0.15) is 12.2 Å². The van der Waals surface area contributed by atoms with Crippen molar-refractivity contribution in [3.05, 3.63) is 66.0 Å². The summed E-state index contributed by atoms with van der Waals surface area (Å²) >= 11 is 0. The molecule has 214 valence electrons. The second-order valence-corrected chi connectivity index (χ2v) is 11.0. The summed E-state index contributed by atoms with van der Waals surface area (Å²) in [5.41, 5.74) is 1.87. The van der Waals surface area contributed by atoms with Crippen molar-refractivity contribution in [1.82, 2.24) is 14.8 Å². The van der Waals surface area contributed by atoms with Gasteiger partial charge in [-0.15, -0.1) is 0 Å². The summed E-state index contributed by atoms with van der Waals surface area (Å²) < 4.78 is 11.8. The summed E-state index contributed by atoms with van der Waals surface area (Å²) in [6.07, 6.45) is 10.6. The number of hydrogen-bond donors (Lipinski definition) is 1. The Labute approximate surface area is 233 Å². The summed E-state index contributed by atoms with van der Waals surface area (Å²) in [6.45, 7) is 10.9. The van der Waals surface area contributed by atoms with Crippen LogP contribution in [0.1, 0.15) is 58.6 Å². The third kappa shape index (κ3) is 9.62. The Balaban J connectivity index is 1.76. The number of carbonyl (C=O) groups is 2. The van der Waals surface area contributed by atoms with Crippen molar-refractivity contribution in [3.8, 4) is 0 Å². The van der Waals surface area contributed by atoms with E-state index in [0.717, 1.165) is 24.4 Å². The molecular formula is C31H45N3O5. The SMILES string of the molecule is C/C(=C\C=C\[C@H](C)c1ccccn1)[C@H]1OC(=O)C[C@@H](O)CC[C@@H](C)[C@H](OC(=O)N2CCN(C)CC2)/C=C/[C@@H]1C. The van der Waals surface area contributed by atoms with Crippen LogP contribution in [0.2, 0.25) is 0 Å². The molecule has 0 saturated carbocycles. The number of carbonyl (C=O) groups excluding carboxylic acids is 2. The van der Waals surface area contributed by atoms with E-state index in [1.54, 1.807) is 11.1 Å². The molecule has 1 fully saturated rings. The van der Waals surface area contributed by atoms with Gasteiger partial charge in [0.05, 0.1) is 12.5 Å². The summed E-state index contributed by atoms with van der Waals surface area (Å²) in [5.74, 6) is -0.460. The molecule has 8 nitrogen and oxygen atoms in total. The molecule has 1 saturated heterocycles. The average molecular weight is 540 g/mol. The van der Waals surface area contributed by atoms with E-state index in [1.807, 2.05) is 70.3 Å². The lowest BCUT2D eigenvalue weighted by molar-refractivity contribution is -0.151. The van der Waals surface area contributed by atoms with Gasteiger partial charge in [0.2, 0.25) is 0 Å². The fourth-order valence-electron chi connectivity index (χ4n) is 4.84. The standard InChI is InChI=1S/C31H45N3O5/c1-22(27-11-6-7-16-32-27)9-8-10-24(3)30-25(4)13-15-28(23(2)12-14-26(35)21-29(36)39-30)38-31(37)34-19-17-33(5)18-20-34/h6-11,13,15-16,22-23,25-26,28,30,35H,12,14,17-21H2,1-5H3/b9-8+,15-13+,24-10+/t22-,23+,25-,26-,28+,30+/m0/s1. The maximum absolute atomic E-state index is 12.9. The number of allylic oxidation sites excluding steroid dienone is 3. The molecule has 1 N–H and O–H groups in total. The Morgan fingerprint density at radius 1 is 1.18 bits per heavy atom. The number of piperazine rings is 1. The van der Waals surface area contributed by atoms with Crippen molar-refractivity contribution >= 4 is 12.1 Å². The summed E-state index contributed by atoms with van der Waals surface area (Å²) in [6, 6.07) is 5.86. The largest absolute Gasteiger partial charge is 0.457 e. The predicted molar refractivity (Wildman–Crippen MR) is 152 cm³/mol. The molecule has 0 aliphatic carbocycles. The van der Waals surface area contributed by atoms with Crippen molar-refractivity contribution in [1.29, 1.82) is 0 Å². The lowest BCUT2D eigenvalue weighted by Gasteiger charge is -2.33. The van der Waals surface area contributed by atoms with Crippen molar-refractivity contribution in [2.75, 3.05) is 33.2 Å². The molecule has 0 radical (unpaired) electrons. The van der Waals surface area contributed by atoms with E-state index in [-0.39, 0.29) is 30.3 Å². The number of aliphatic hydroxyl groups is 1. The van der Waals surface area contributed by atoms with E-state index in [2.05, 4.69) is 22.9 Å². The fraction of sp³-hybridized carbons (Fsp3) is 0.581. The summed E-state index contributed by atoms with van der Waals surface area (Å²) in [4.78, 5) is 34.0. The number of cyclic esters (lactones) is 1. The van der Waals surface area contributed by atoms with Gasteiger partial charge in [-0.1, -0.05) is 51.1 Å². The number of nitrogens with zero attached hydrogens (tertiary/aromatic N) is 3. The average Bonchev–Trinajstić information content (AvgIpc) is 2.92. The molecule has 0 spiro atoms. The van der Waals surface area contributed by atoms with Crippen molar-refractivity contribution < 1.29 is 24.2 Å². The molecule has 39 heavy (non-hydrogen) atoms. The smallest absolute Gasteiger partial charge is 0.410 e. The van der Waals surface area contributed by atoms with Crippen LogP contribution in [-0.2, 0) is 14.3 Å². The van der Waals surface area contributed by atoms with Crippen LogP contribution in [-0.4, -0.2) is 83.5 Å². The van der Waals surface area contributed by atoms with Crippen LogP contribution in [0.15, 0.2) is 60.3 Å². The first-order valence-electron chi connectivity index (χ1n) is 14.1. The van der Waals surface area contributed by atoms with E-state index < -0.39 is 24.3 Å². The van der Waals surface area contributed by atoms with Crippen molar-refractivity contribution in [3.63, 3.8) is 0 Å². The molecule has 2 aliphatic rings. The number of ether oxygens (including phenoxy) is 2. The van der Waals surface area contributed by atoms with Gasteiger partial charge >= 0.3 is 12.1 Å². The lowest BCUT2D eigenvalue weighted by atomic mass is 9.92. The molecule has 6 atom stereocenters. The van der Waals surface area contributed by atoms with Gasteiger partial charge in [-0.05, 0) is 56.5 Å². The zero-order valence-corrected chi connectivity index (χ0v) is 24.0. The monoisotopic (exact) mass is 539 g/mol. The minimum absolute atomic E-state index is 0.0129. The fourth-order valence-corrected chi connectivity index (χ4v) is 4.84. The summed E-state index contributed by atoms with van der Waals surface area (Å²) in [5, 5.41) is 10.5. The van der Waals surface area contributed by atoms with Crippen LogP contribution in [0, 0.1) is 11.8 Å². The number of amides is 1. The zero-order chi connectivity index (χ0) is 28.4. The third-order valence-corrected chi connectivity index (χ3v) is 7.62. The van der Waals surface area contributed by atoms with Crippen LogP contribution in [0.3, 0.4) is 0 Å². The van der Waals surface area contributed by atoms with Gasteiger partial charge in [-0.2, -0.15) is 0 Å². The van der Waals surface area contributed by atoms with E-state index >= 15 is 0 Å². The predicted octanol–water partition coefficient (Wildman–Crippen LogP) is 4.73. The number of hydrogen-bond acceptors (Lipinski definition) is 7. The van der Waals surface area contributed by atoms with E-state index in [1.165, 1.54) is 0 Å². The number of likely N-dealkylation sites (N-methyl/N-ethyl adjacent to an activating group) is 1. The Kier molecular flexibility index (Phi) is 11.7. The first-order valence-corrected chi connectivity index (χ1v) is 14.1. The zero-order valence-electron chi connectivity index (χ0n) is 24.0. The van der Waals surface area contributed by atoms with Gasteiger partial charge in [-0.25, -0.2) is 4.79 Å². The highest BCUT2D eigenvalue weighted by atomic mass is 16.6. The van der Waals surface area contributed by atoms with Crippen molar-refractivity contribution in [2.24, 2.45) is 11.8 Å². The van der Waals surface area contributed by atoms with Gasteiger partial charge in [0.15, 0.2) is 0 Å². The van der Waals surface area contributed by atoms with Crippen LogP contribution >= 0.6 is 0 Å². The van der Waals surface area contributed by atoms with Gasteiger partial charge < -0.3 is 24.4 Å². The molecule has 2 aliphatic heterocycles. The number of aromatic nitrogens is 1. The first kappa shape index (κ1) is 30.6. The van der Waals surface area contributed by atoms with Gasteiger partial charge in [0, 0.05) is 49.9 Å².